The van der Waals surface area contributed by atoms with Crippen LogP contribution in [-0.2, 0) is 15.8 Å². The molecule has 5 nitrogen and oxygen atoms in total. The van der Waals surface area contributed by atoms with Crippen LogP contribution in [0.1, 0.15) is 18.4 Å². The minimum absolute atomic E-state index is 0.311. The number of benzene rings is 1. The smallest absolute Gasteiger partial charge is 0.417 e. The van der Waals surface area contributed by atoms with Gasteiger partial charge in [-0.3, -0.25) is 0 Å². The van der Waals surface area contributed by atoms with Crippen LogP contribution in [0.25, 0.3) is 0 Å². The highest BCUT2D eigenvalue weighted by Gasteiger charge is 2.38. The van der Waals surface area contributed by atoms with Crippen LogP contribution in [0, 0.1) is 5.92 Å². The van der Waals surface area contributed by atoms with E-state index in [0.29, 0.717) is 28.2 Å². The Kier molecular flexibility index (Phi) is 7.32. The molecule has 1 unspecified atom stereocenters. The Hall–Kier alpha value is -2.00. The van der Waals surface area contributed by atoms with Gasteiger partial charge >= 0.3 is 18.1 Å². The lowest BCUT2D eigenvalue weighted by molar-refractivity contribution is -0.139. The summed E-state index contributed by atoms with van der Waals surface area (Å²) in [5, 5.41) is 15.9. The number of piperidine rings is 3. The number of carbonyl (C=O) groups is 2. The number of carboxylic acids is 2. The van der Waals surface area contributed by atoms with Gasteiger partial charge in [0.05, 0.1) is 5.56 Å². The van der Waals surface area contributed by atoms with Gasteiger partial charge in [0.2, 0.25) is 0 Å². The van der Waals surface area contributed by atoms with Crippen molar-refractivity contribution in [3.8, 4) is 0 Å². The Morgan fingerprint density at radius 1 is 1.07 bits per heavy atom. The van der Waals surface area contributed by atoms with E-state index in [0.717, 1.165) is 32.5 Å². The van der Waals surface area contributed by atoms with Crippen LogP contribution in [0.4, 0.5) is 13.2 Å². The number of hydrogen-bond donors (Lipinski definition) is 2. The molecule has 0 amide bonds. The Balaban J connectivity index is 0.000000279. The van der Waals surface area contributed by atoms with E-state index in [1.54, 1.807) is 12.1 Å². The fourth-order valence-corrected chi connectivity index (χ4v) is 4.70. The lowest BCUT2D eigenvalue weighted by Crippen LogP contribution is -2.49. The van der Waals surface area contributed by atoms with Crippen molar-refractivity contribution in [2.75, 3.05) is 19.6 Å². The molecule has 2 bridgehead atoms. The maximum Gasteiger partial charge on any atom is 0.417 e. The molecule has 1 atom stereocenters. The molecule has 0 spiro atoms. The fraction of sp³-hybridized carbons (Fsp3) is 0.444. The zero-order chi connectivity index (χ0) is 20.0. The van der Waals surface area contributed by atoms with Crippen molar-refractivity contribution in [1.82, 2.24) is 4.90 Å². The van der Waals surface area contributed by atoms with Gasteiger partial charge in [0.15, 0.2) is 0 Å². The number of thioether (sulfide) groups is 1. The van der Waals surface area contributed by atoms with Crippen molar-refractivity contribution in [3.63, 3.8) is 0 Å². The Bertz CT molecular complexity index is 684. The second-order valence-corrected chi connectivity index (χ2v) is 7.58. The summed E-state index contributed by atoms with van der Waals surface area (Å²) in [4.78, 5) is 21.9. The van der Waals surface area contributed by atoms with E-state index in [9.17, 15) is 22.8 Å². The van der Waals surface area contributed by atoms with Gasteiger partial charge in [-0.25, -0.2) is 9.59 Å². The third-order valence-electron chi connectivity index (χ3n) is 4.44. The maximum absolute atomic E-state index is 13.0. The van der Waals surface area contributed by atoms with Crippen LogP contribution >= 0.6 is 11.8 Å². The molecule has 27 heavy (non-hydrogen) atoms. The highest BCUT2D eigenvalue weighted by atomic mass is 32.2. The molecule has 0 saturated carbocycles. The largest absolute Gasteiger partial charge is 0.478 e. The predicted octanol–water partition coefficient (Wildman–Crippen LogP) is 3.60. The molecule has 3 fully saturated rings. The molecule has 3 aliphatic heterocycles. The molecule has 0 aromatic heterocycles. The van der Waals surface area contributed by atoms with Gasteiger partial charge in [0.1, 0.15) is 0 Å². The minimum Gasteiger partial charge on any atom is -0.478 e. The summed E-state index contributed by atoms with van der Waals surface area (Å²) < 4.78 is 38.9. The molecule has 0 radical (unpaired) electrons. The minimum atomic E-state index is -4.25. The molecule has 3 heterocycles. The van der Waals surface area contributed by atoms with E-state index >= 15 is 0 Å². The van der Waals surface area contributed by atoms with E-state index in [4.69, 9.17) is 10.2 Å². The first-order valence-corrected chi connectivity index (χ1v) is 9.24. The van der Waals surface area contributed by atoms with Crippen molar-refractivity contribution >= 4 is 23.7 Å². The molecule has 1 aromatic carbocycles. The molecule has 148 valence electrons. The molecule has 0 aliphatic carbocycles. The number of alkyl halides is 3. The van der Waals surface area contributed by atoms with Gasteiger partial charge in [-0.05, 0) is 44.0 Å². The van der Waals surface area contributed by atoms with Crippen LogP contribution in [0.15, 0.2) is 41.3 Å². The van der Waals surface area contributed by atoms with Gasteiger partial charge in [-0.2, -0.15) is 13.2 Å². The molecule has 3 aliphatic rings. The summed E-state index contributed by atoms with van der Waals surface area (Å²) in [6.07, 6.45) is -0.875. The molecule has 9 heteroatoms. The van der Waals surface area contributed by atoms with Crippen LogP contribution < -0.4 is 0 Å². The monoisotopic (exact) mass is 403 g/mol. The van der Waals surface area contributed by atoms with Gasteiger partial charge in [-0.1, -0.05) is 12.1 Å². The van der Waals surface area contributed by atoms with E-state index in [1.165, 1.54) is 23.9 Å². The van der Waals surface area contributed by atoms with Crippen molar-refractivity contribution in [2.45, 2.75) is 29.2 Å². The van der Waals surface area contributed by atoms with Crippen LogP contribution in [0.5, 0.6) is 0 Å². The molecule has 4 rings (SSSR count). The number of aliphatic carboxylic acids is 2. The summed E-state index contributed by atoms with van der Waals surface area (Å²) in [5.41, 5.74) is -0.489. The highest BCUT2D eigenvalue weighted by molar-refractivity contribution is 8.00. The summed E-state index contributed by atoms with van der Waals surface area (Å²) >= 11 is 1.42. The number of halogens is 3. The van der Waals surface area contributed by atoms with Crippen molar-refractivity contribution in [1.29, 1.82) is 0 Å². The van der Waals surface area contributed by atoms with Crippen LogP contribution in [0.3, 0.4) is 0 Å². The van der Waals surface area contributed by atoms with E-state index in [1.807, 2.05) is 0 Å². The van der Waals surface area contributed by atoms with Gasteiger partial charge in [-0.15, -0.1) is 11.8 Å². The first-order valence-electron chi connectivity index (χ1n) is 8.36. The second kappa shape index (κ2) is 9.27. The Labute approximate surface area is 158 Å². The van der Waals surface area contributed by atoms with Gasteiger partial charge in [0.25, 0.3) is 0 Å². The van der Waals surface area contributed by atoms with Crippen molar-refractivity contribution < 1.29 is 33.0 Å². The lowest BCUT2D eigenvalue weighted by atomic mass is 9.88. The zero-order valence-electron chi connectivity index (χ0n) is 14.4. The average molecular weight is 403 g/mol. The van der Waals surface area contributed by atoms with E-state index < -0.39 is 23.7 Å². The highest BCUT2D eigenvalue weighted by Crippen LogP contribution is 2.43. The zero-order valence-corrected chi connectivity index (χ0v) is 15.2. The van der Waals surface area contributed by atoms with Gasteiger partial charge < -0.3 is 15.1 Å². The topological polar surface area (TPSA) is 77.8 Å². The summed E-state index contributed by atoms with van der Waals surface area (Å²) in [6.45, 7) is 3.16. The van der Waals surface area contributed by atoms with Crippen molar-refractivity contribution in [3.05, 3.63) is 42.0 Å². The summed E-state index contributed by atoms with van der Waals surface area (Å²) in [6, 6.07) is 5.94. The maximum atomic E-state index is 13.0. The first-order chi connectivity index (χ1) is 12.7. The fourth-order valence-electron chi connectivity index (χ4n) is 3.15. The average Bonchev–Trinajstić information content (AvgIpc) is 2.61. The van der Waals surface area contributed by atoms with Crippen molar-refractivity contribution in [2.24, 2.45) is 5.92 Å². The predicted molar refractivity (Wildman–Crippen MR) is 94.7 cm³/mol. The number of carboxylic acid groups (broad SMARTS) is 2. The molecular weight excluding hydrogens is 383 g/mol. The van der Waals surface area contributed by atoms with E-state index in [-0.39, 0.29) is 0 Å². The van der Waals surface area contributed by atoms with Crippen LogP contribution in [0.2, 0.25) is 0 Å². The molecule has 3 saturated heterocycles. The summed E-state index contributed by atoms with van der Waals surface area (Å²) in [7, 11) is 0. The first kappa shape index (κ1) is 21.3. The quantitative estimate of drug-likeness (QED) is 0.748. The third kappa shape index (κ3) is 6.59. The Morgan fingerprint density at radius 2 is 1.63 bits per heavy atom. The van der Waals surface area contributed by atoms with E-state index in [2.05, 4.69) is 4.90 Å². The summed E-state index contributed by atoms with van der Waals surface area (Å²) in [5.74, 6) is -1.93. The number of fused-ring (bicyclic) bond motifs is 3. The van der Waals surface area contributed by atoms with Gasteiger partial charge in [0, 0.05) is 28.8 Å². The normalized spacial score (nSPS) is 24.3. The third-order valence-corrected chi connectivity index (χ3v) is 5.88. The second-order valence-electron chi connectivity index (χ2n) is 6.30. The number of nitrogens with zero attached hydrogens (tertiary/aromatic N) is 1. The molecule has 1 aromatic rings. The Morgan fingerprint density at radius 3 is 2.07 bits per heavy atom. The number of hydrogen-bond acceptors (Lipinski definition) is 4. The standard InChI is InChI=1S/C14H16F3NS.C4H4O4/c15-14(16,17)11-3-1-2-4-12(11)19-13-9-18-7-5-10(13)6-8-18;5-3(6)1-2-4(7)8/h1-4,10,13H,5-9H2;1-2H,(H,5,6)(H,7,8)/b;2-1-. The lowest BCUT2D eigenvalue weighted by Gasteiger charge is -2.44. The number of rotatable bonds is 4. The molecular formula is C18H20F3NO4S. The van der Waals surface area contributed by atoms with Crippen LogP contribution in [-0.4, -0.2) is 51.9 Å². The molecule has 2 N–H and O–H groups in total. The SMILES string of the molecule is FC(F)(F)c1ccccc1SC1CN2CCC1CC2.O=C(O)/C=C\C(=O)O.